The Hall–Kier alpha value is -0.940. The Labute approximate surface area is 116 Å². The van der Waals surface area contributed by atoms with Gasteiger partial charge >= 0.3 is 0 Å². The summed E-state index contributed by atoms with van der Waals surface area (Å²) in [5.41, 5.74) is 1.67. The zero-order valence-electron chi connectivity index (χ0n) is 8.97. The maximum Gasteiger partial charge on any atom is 0.144 e. The monoisotopic (exact) mass is 358 g/mol. The Morgan fingerprint density at radius 3 is 2.71 bits per heavy atom. The van der Waals surface area contributed by atoms with Crippen molar-refractivity contribution in [3.05, 3.63) is 50.8 Å². The van der Waals surface area contributed by atoms with E-state index in [0.29, 0.717) is 11.5 Å². The van der Waals surface area contributed by atoms with Gasteiger partial charge in [0.25, 0.3) is 0 Å². The summed E-state index contributed by atoms with van der Waals surface area (Å²) in [6, 6.07) is 6.49. The molecule has 0 aliphatic carbocycles. The first-order valence-corrected chi connectivity index (χ1v) is 6.49. The molecule has 0 aliphatic heterocycles. The molecule has 0 saturated carbocycles. The van der Waals surface area contributed by atoms with Crippen molar-refractivity contribution in [3.63, 3.8) is 0 Å². The summed E-state index contributed by atoms with van der Waals surface area (Å²) in [4.78, 5) is 4.22. The maximum atomic E-state index is 13.1. The van der Waals surface area contributed by atoms with Crippen LogP contribution < -0.4 is 5.32 Å². The molecule has 0 bridgehead atoms. The fraction of sp³-hybridized carbons (Fsp3) is 0.0833. The van der Waals surface area contributed by atoms with Gasteiger partial charge in [0.2, 0.25) is 0 Å². The molecule has 0 atom stereocenters. The first-order chi connectivity index (χ1) is 8.06. The molecule has 1 aromatic heterocycles. The highest BCUT2D eigenvalue weighted by atomic mass is 79.9. The fourth-order valence-electron chi connectivity index (χ4n) is 1.36. The Kier molecular flexibility index (Phi) is 3.79. The van der Waals surface area contributed by atoms with Gasteiger partial charge in [0.1, 0.15) is 11.6 Å². The molecule has 0 aliphatic rings. The van der Waals surface area contributed by atoms with Crippen LogP contribution in [0.2, 0.25) is 0 Å². The van der Waals surface area contributed by atoms with Gasteiger partial charge in [-0.3, -0.25) is 0 Å². The molecule has 0 amide bonds. The molecule has 1 N–H and O–H groups in total. The zero-order valence-corrected chi connectivity index (χ0v) is 12.1. The summed E-state index contributed by atoms with van der Waals surface area (Å²) in [5, 5.41) is 3.09. The molecule has 1 aromatic carbocycles. The predicted molar refractivity (Wildman–Crippen MR) is 74.1 cm³/mol. The van der Waals surface area contributed by atoms with Crippen molar-refractivity contribution in [3.8, 4) is 0 Å². The number of pyridine rings is 1. The third-order valence-corrected chi connectivity index (χ3v) is 3.30. The van der Waals surface area contributed by atoms with Crippen LogP contribution >= 0.6 is 31.9 Å². The van der Waals surface area contributed by atoms with E-state index < -0.39 is 0 Å². The second-order valence-corrected chi connectivity index (χ2v) is 5.34. The Bertz CT molecular complexity index is 558. The lowest BCUT2D eigenvalue weighted by molar-refractivity contribution is 0.628. The molecule has 5 heteroatoms. The summed E-state index contributed by atoms with van der Waals surface area (Å²) in [7, 11) is 0. The van der Waals surface area contributed by atoms with Gasteiger partial charge in [-0.15, -0.1) is 0 Å². The lowest BCUT2D eigenvalue weighted by atomic mass is 10.2. The third-order valence-electron chi connectivity index (χ3n) is 2.26. The number of rotatable bonds is 2. The smallest absolute Gasteiger partial charge is 0.144 e. The Morgan fingerprint density at radius 2 is 2.00 bits per heavy atom. The van der Waals surface area contributed by atoms with Crippen LogP contribution in [-0.4, -0.2) is 4.98 Å². The third kappa shape index (κ3) is 3.04. The molecule has 0 spiro atoms. The number of anilines is 2. The van der Waals surface area contributed by atoms with Crippen molar-refractivity contribution < 1.29 is 4.39 Å². The lowest BCUT2D eigenvalue weighted by Gasteiger charge is -2.10. The van der Waals surface area contributed by atoms with Crippen LogP contribution in [-0.2, 0) is 0 Å². The molecule has 0 saturated heterocycles. The summed E-state index contributed by atoms with van der Waals surface area (Å²) < 4.78 is 14.8. The molecule has 0 unspecified atom stereocenters. The number of benzene rings is 1. The van der Waals surface area contributed by atoms with Crippen LogP contribution in [0.5, 0.6) is 0 Å². The topological polar surface area (TPSA) is 24.9 Å². The van der Waals surface area contributed by atoms with Gasteiger partial charge < -0.3 is 5.32 Å². The first kappa shape index (κ1) is 12.5. The molecular formula is C12H9Br2FN2. The fourth-order valence-corrected chi connectivity index (χ4v) is 2.45. The van der Waals surface area contributed by atoms with Gasteiger partial charge in [0.05, 0.1) is 4.47 Å². The number of hydrogen-bond donors (Lipinski definition) is 1. The summed E-state index contributed by atoms with van der Waals surface area (Å²) >= 11 is 6.73. The van der Waals surface area contributed by atoms with Crippen LogP contribution in [0.15, 0.2) is 39.4 Å². The normalized spacial score (nSPS) is 10.4. The summed E-state index contributed by atoms with van der Waals surface area (Å²) in [6.07, 6.45) is 1.68. The van der Waals surface area contributed by atoms with E-state index in [1.54, 1.807) is 12.3 Å². The highest BCUT2D eigenvalue weighted by molar-refractivity contribution is 9.11. The minimum Gasteiger partial charge on any atom is -0.339 e. The lowest BCUT2D eigenvalue weighted by Crippen LogP contribution is -1.97. The molecule has 0 fully saturated rings. The summed E-state index contributed by atoms with van der Waals surface area (Å²) in [5.74, 6) is 0.383. The van der Waals surface area contributed by atoms with E-state index in [1.807, 2.05) is 13.0 Å². The highest BCUT2D eigenvalue weighted by Gasteiger charge is 2.05. The van der Waals surface area contributed by atoms with Crippen molar-refractivity contribution in [1.29, 1.82) is 0 Å². The number of aryl methyl sites for hydroxylation is 1. The van der Waals surface area contributed by atoms with Crippen LogP contribution in [0.1, 0.15) is 5.56 Å². The minimum atomic E-state index is -0.272. The van der Waals surface area contributed by atoms with Crippen LogP contribution in [0.3, 0.4) is 0 Å². The van der Waals surface area contributed by atoms with Gasteiger partial charge in [-0.2, -0.15) is 0 Å². The molecule has 2 nitrogen and oxygen atoms in total. The van der Waals surface area contributed by atoms with Gasteiger partial charge in [-0.25, -0.2) is 9.37 Å². The van der Waals surface area contributed by atoms with Crippen molar-refractivity contribution in [1.82, 2.24) is 4.98 Å². The molecule has 88 valence electrons. The van der Waals surface area contributed by atoms with E-state index in [9.17, 15) is 4.39 Å². The largest absolute Gasteiger partial charge is 0.339 e. The molecule has 2 aromatic rings. The van der Waals surface area contributed by atoms with Crippen LogP contribution in [0, 0.1) is 12.7 Å². The van der Waals surface area contributed by atoms with E-state index in [0.717, 1.165) is 14.5 Å². The molecule has 1 heterocycles. The average molecular weight is 360 g/mol. The second kappa shape index (κ2) is 5.14. The van der Waals surface area contributed by atoms with Gasteiger partial charge in [-0.05, 0) is 62.5 Å². The van der Waals surface area contributed by atoms with E-state index in [-0.39, 0.29) is 5.82 Å². The van der Waals surface area contributed by atoms with Crippen LogP contribution in [0.4, 0.5) is 15.9 Å². The van der Waals surface area contributed by atoms with Gasteiger partial charge in [-0.1, -0.05) is 6.07 Å². The number of halogens is 3. The molecular weight excluding hydrogens is 351 g/mol. The van der Waals surface area contributed by atoms with E-state index in [1.165, 1.54) is 12.1 Å². The Morgan fingerprint density at radius 1 is 1.24 bits per heavy atom. The Balaban J connectivity index is 2.34. The zero-order chi connectivity index (χ0) is 12.4. The van der Waals surface area contributed by atoms with Crippen molar-refractivity contribution >= 4 is 43.4 Å². The molecule has 2 rings (SSSR count). The van der Waals surface area contributed by atoms with E-state index in [2.05, 4.69) is 42.2 Å². The summed E-state index contributed by atoms with van der Waals surface area (Å²) in [6.45, 7) is 1.91. The number of nitrogens with zero attached hydrogens (tertiary/aromatic N) is 1. The van der Waals surface area contributed by atoms with E-state index >= 15 is 0 Å². The molecule has 0 radical (unpaired) electrons. The van der Waals surface area contributed by atoms with Crippen molar-refractivity contribution in [2.45, 2.75) is 6.92 Å². The number of nitrogens with one attached hydrogen (secondary N) is 1. The SMILES string of the molecule is Cc1ccc(F)cc1Nc1ncc(Br)cc1Br. The average Bonchev–Trinajstić information content (AvgIpc) is 2.27. The quantitative estimate of drug-likeness (QED) is 0.833. The first-order valence-electron chi connectivity index (χ1n) is 4.90. The second-order valence-electron chi connectivity index (χ2n) is 3.57. The molecule has 17 heavy (non-hydrogen) atoms. The van der Waals surface area contributed by atoms with Crippen molar-refractivity contribution in [2.75, 3.05) is 5.32 Å². The number of aromatic nitrogens is 1. The van der Waals surface area contributed by atoms with Crippen LogP contribution in [0.25, 0.3) is 0 Å². The van der Waals surface area contributed by atoms with Crippen molar-refractivity contribution in [2.24, 2.45) is 0 Å². The standard InChI is InChI=1S/C12H9Br2FN2/c1-7-2-3-9(15)5-11(7)17-12-10(14)4-8(13)6-16-12/h2-6H,1H3,(H,16,17). The number of hydrogen-bond acceptors (Lipinski definition) is 2. The highest BCUT2D eigenvalue weighted by Crippen LogP contribution is 2.27. The maximum absolute atomic E-state index is 13.1. The predicted octanol–water partition coefficient (Wildman–Crippen LogP) is 4.80. The van der Waals surface area contributed by atoms with Gasteiger partial charge in [0.15, 0.2) is 0 Å². The van der Waals surface area contributed by atoms with E-state index in [4.69, 9.17) is 0 Å². The minimum absolute atomic E-state index is 0.272. The van der Waals surface area contributed by atoms with Gasteiger partial charge in [0, 0.05) is 16.4 Å².